The Bertz CT molecular complexity index is 802. The van der Waals surface area contributed by atoms with E-state index in [4.69, 9.17) is 10.00 Å². The van der Waals surface area contributed by atoms with Crippen molar-refractivity contribution in [2.24, 2.45) is 5.92 Å². The van der Waals surface area contributed by atoms with E-state index < -0.39 is 10.0 Å². The van der Waals surface area contributed by atoms with E-state index in [-0.39, 0.29) is 28.9 Å². The lowest BCUT2D eigenvalue weighted by molar-refractivity contribution is -0.127. The molecule has 1 amide bonds. The first-order chi connectivity index (χ1) is 12.9. The van der Waals surface area contributed by atoms with E-state index in [1.165, 1.54) is 28.6 Å². The Morgan fingerprint density at radius 2 is 1.93 bits per heavy atom. The van der Waals surface area contributed by atoms with Gasteiger partial charge in [-0.25, -0.2) is 8.42 Å². The topological polar surface area (TPSA) is 99.5 Å². The zero-order valence-electron chi connectivity index (χ0n) is 15.4. The van der Waals surface area contributed by atoms with Gasteiger partial charge in [0.15, 0.2) is 0 Å². The maximum absolute atomic E-state index is 12.7. The van der Waals surface area contributed by atoms with Crippen molar-refractivity contribution in [1.29, 1.82) is 5.26 Å². The lowest BCUT2D eigenvalue weighted by Gasteiger charge is -2.31. The molecule has 8 heteroatoms. The molecule has 2 unspecified atom stereocenters. The van der Waals surface area contributed by atoms with Gasteiger partial charge in [-0.2, -0.15) is 9.57 Å². The lowest BCUT2D eigenvalue weighted by Crippen LogP contribution is -2.47. The van der Waals surface area contributed by atoms with E-state index in [9.17, 15) is 13.2 Å². The fourth-order valence-corrected chi connectivity index (χ4v) is 5.11. The summed E-state index contributed by atoms with van der Waals surface area (Å²) in [5.41, 5.74) is 0.421. The third-order valence-corrected chi connectivity index (χ3v) is 7.25. The molecule has 2 saturated heterocycles. The third kappa shape index (κ3) is 4.49. The van der Waals surface area contributed by atoms with Gasteiger partial charge in [0.1, 0.15) is 0 Å². The monoisotopic (exact) mass is 391 g/mol. The smallest absolute Gasteiger partial charge is 0.243 e. The quantitative estimate of drug-likeness (QED) is 0.823. The number of rotatable bonds is 5. The molecule has 0 saturated carbocycles. The van der Waals surface area contributed by atoms with Gasteiger partial charge in [-0.3, -0.25) is 4.79 Å². The van der Waals surface area contributed by atoms with Crippen LogP contribution in [0.15, 0.2) is 29.2 Å². The van der Waals surface area contributed by atoms with Crippen LogP contribution < -0.4 is 5.32 Å². The Labute approximate surface area is 160 Å². The Kier molecular flexibility index (Phi) is 6.15. The fraction of sp³-hybridized carbons (Fsp3) is 0.579. The van der Waals surface area contributed by atoms with E-state index in [1.807, 2.05) is 13.0 Å². The van der Waals surface area contributed by atoms with Crippen LogP contribution in [0.4, 0.5) is 0 Å². The maximum atomic E-state index is 12.7. The molecular formula is C19H25N3O4S. The molecule has 0 bridgehead atoms. The molecule has 0 aromatic heterocycles. The highest BCUT2D eigenvalue weighted by atomic mass is 32.2. The minimum atomic E-state index is -3.60. The Morgan fingerprint density at radius 1 is 1.26 bits per heavy atom. The normalized spacial score (nSPS) is 22.9. The molecule has 2 fully saturated rings. The van der Waals surface area contributed by atoms with Gasteiger partial charge >= 0.3 is 0 Å². The van der Waals surface area contributed by atoms with Gasteiger partial charge in [0.05, 0.1) is 28.7 Å². The van der Waals surface area contributed by atoms with Gasteiger partial charge < -0.3 is 10.1 Å². The second-order valence-corrected chi connectivity index (χ2v) is 9.10. The van der Waals surface area contributed by atoms with Crippen LogP contribution >= 0.6 is 0 Å². The van der Waals surface area contributed by atoms with Crippen LogP contribution in [0.5, 0.6) is 0 Å². The molecule has 146 valence electrons. The summed E-state index contributed by atoms with van der Waals surface area (Å²) in [5.74, 6) is -0.199. The highest BCUT2D eigenvalue weighted by Gasteiger charge is 2.33. The molecule has 27 heavy (non-hydrogen) atoms. The molecule has 1 aromatic carbocycles. The summed E-state index contributed by atoms with van der Waals surface area (Å²) in [7, 11) is -3.60. The van der Waals surface area contributed by atoms with Crippen LogP contribution in [0, 0.1) is 17.2 Å². The van der Waals surface area contributed by atoms with Crippen molar-refractivity contribution in [3.05, 3.63) is 29.8 Å². The number of carbonyl (C=O) groups excluding carboxylic acids is 1. The molecular weight excluding hydrogens is 366 g/mol. The zero-order chi connectivity index (χ0) is 19.4. The predicted molar refractivity (Wildman–Crippen MR) is 99.2 cm³/mol. The number of amides is 1. The molecule has 2 aliphatic heterocycles. The molecule has 0 radical (unpaired) electrons. The van der Waals surface area contributed by atoms with Gasteiger partial charge in [-0.1, -0.05) is 0 Å². The van der Waals surface area contributed by atoms with Gasteiger partial charge in [0, 0.05) is 25.6 Å². The maximum Gasteiger partial charge on any atom is 0.243 e. The number of hydrogen-bond donors (Lipinski definition) is 1. The number of piperidine rings is 1. The predicted octanol–water partition coefficient (Wildman–Crippen LogP) is 1.64. The van der Waals surface area contributed by atoms with Crippen molar-refractivity contribution in [2.45, 2.75) is 49.6 Å². The average molecular weight is 391 g/mol. The molecule has 1 aromatic rings. The first-order valence-electron chi connectivity index (χ1n) is 9.34. The summed E-state index contributed by atoms with van der Waals surface area (Å²) in [6, 6.07) is 7.86. The molecule has 2 atom stereocenters. The van der Waals surface area contributed by atoms with Crippen LogP contribution in [0.3, 0.4) is 0 Å². The highest BCUT2D eigenvalue weighted by Crippen LogP contribution is 2.25. The van der Waals surface area contributed by atoms with E-state index >= 15 is 0 Å². The number of carbonyl (C=O) groups is 1. The van der Waals surface area contributed by atoms with E-state index in [1.54, 1.807) is 0 Å². The molecule has 0 spiro atoms. The number of nitriles is 1. The van der Waals surface area contributed by atoms with Crippen molar-refractivity contribution in [3.63, 3.8) is 0 Å². The molecule has 2 aliphatic rings. The number of benzene rings is 1. The van der Waals surface area contributed by atoms with E-state index in [0.29, 0.717) is 31.5 Å². The minimum Gasteiger partial charge on any atom is -0.376 e. The summed E-state index contributed by atoms with van der Waals surface area (Å²) in [4.78, 5) is 12.7. The number of ether oxygens (including phenoxy) is 1. The number of hydrogen-bond acceptors (Lipinski definition) is 5. The second-order valence-electron chi connectivity index (χ2n) is 7.16. The number of sulfonamides is 1. The molecule has 7 nitrogen and oxygen atoms in total. The molecule has 2 heterocycles. The summed E-state index contributed by atoms with van der Waals surface area (Å²) in [6.45, 7) is 3.33. The van der Waals surface area contributed by atoms with Crippen molar-refractivity contribution < 1.29 is 17.9 Å². The minimum absolute atomic E-state index is 0.0200. The van der Waals surface area contributed by atoms with Crippen LogP contribution in [0.1, 0.15) is 38.2 Å². The number of nitrogens with one attached hydrogen (secondary N) is 1. The standard InChI is InChI=1S/C19H25N3O4S/c1-14(18-3-2-12-26-18)21-19(23)16-8-10-22(11-9-16)27(24,25)17-6-4-15(13-20)5-7-17/h4-7,14,16,18H,2-3,8-12H2,1H3,(H,21,23). The summed E-state index contributed by atoms with van der Waals surface area (Å²) >= 11 is 0. The second kappa shape index (κ2) is 8.38. The first kappa shape index (κ1) is 19.8. The van der Waals surface area contributed by atoms with Crippen molar-refractivity contribution >= 4 is 15.9 Å². The first-order valence-corrected chi connectivity index (χ1v) is 10.8. The Balaban J connectivity index is 1.55. The summed E-state index contributed by atoms with van der Waals surface area (Å²) in [5, 5.41) is 11.9. The molecule has 0 aliphatic carbocycles. The summed E-state index contributed by atoms with van der Waals surface area (Å²) < 4.78 is 32.5. The van der Waals surface area contributed by atoms with Gasteiger partial charge in [-0.05, 0) is 56.9 Å². The molecule has 3 rings (SSSR count). The number of nitrogens with zero attached hydrogens (tertiary/aromatic N) is 2. The molecule has 1 N–H and O–H groups in total. The van der Waals surface area contributed by atoms with Crippen LogP contribution in [-0.4, -0.2) is 50.5 Å². The Morgan fingerprint density at radius 3 is 2.48 bits per heavy atom. The van der Waals surface area contributed by atoms with Crippen molar-refractivity contribution in [3.8, 4) is 6.07 Å². The average Bonchev–Trinajstić information content (AvgIpc) is 3.23. The third-order valence-electron chi connectivity index (χ3n) is 5.34. The van der Waals surface area contributed by atoms with Crippen LogP contribution in [0.25, 0.3) is 0 Å². The largest absolute Gasteiger partial charge is 0.376 e. The van der Waals surface area contributed by atoms with Crippen LogP contribution in [0.2, 0.25) is 0 Å². The van der Waals surface area contributed by atoms with E-state index in [0.717, 1.165) is 19.4 Å². The van der Waals surface area contributed by atoms with Crippen molar-refractivity contribution in [2.75, 3.05) is 19.7 Å². The lowest BCUT2D eigenvalue weighted by atomic mass is 9.96. The van der Waals surface area contributed by atoms with Gasteiger partial charge in [0.25, 0.3) is 0 Å². The van der Waals surface area contributed by atoms with Crippen LogP contribution in [-0.2, 0) is 19.6 Å². The van der Waals surface area contributed by atoms with Gasteiger partial charge in [-0.15, -0.1) is 0 Å². The van der Waals surface area contributed by atoms with E-state index in [2.05, 4.69) is 5.32 Å². The SMILES string of the molecule is CC(NC(=O)C1CCN(S(=O)(=O)c2ccc(C#N)cc2)CC1)C1CCCO1. The fourth-order valence-electron chi connectivity index (χ4n) is 3.64. The van der Waals surface area contributed by atoms with Crippen molar-refractivity contribution in [1.82, 2.24) is 9.62 Å². The zero-order valence-corrected chi connectivity index (χ0v) is 16.2. The summed E-state index contributed by atoms with van der Waals surface area (Å²) in [6.07, 6.45) is 3.06. The highest BCUT2D eigenvalue weighted by molar-refractivity contribution is 7.89. The Hall–Kier alpha value is -1.95. The van der Waals surface area contributed by atoms with Gasteiger partial charge in [0.2, 0.25) is 15.9 Å².